The summed E-state index contributed by atoms with van der Waals surface area (Å²) in [6, 6.07) is 15.5. The van der Waals surface area contributed by atoms with Gasteiger partial charge in [-0.1, -0.05) is 30.3 Å². The number of aromatic nitrogens is 2. The van der Waals surface area contributed by atoms with Crippen LogP contribution in [0.15, 0.2) is 84.6 Å². The van der Waals surface area contributed by atoms with Gasteiger partial charge >= 0.3 is 0 Å². The number of benzene rings is 2. The van der Waals surface area contributed by atoms with E-state index >= 15 is 0 Å². The minimum Gasteiger partial charge on any atom is -0.399 e. The Bertz CT molecular complexity index is 790. The maximum absolute atomic E-state index is 5.76. The number of nitrogens with zero attached hydrogens (tertiary/aromatic N) is 3. The summed E-state index contributed by atoms with van der Waals surface area (Å²) in [4.78, 5) is 7.67. The molecule has 1 aliphatic rings. The second-order valence-corrected chi connectivity index (χ2v) is 5.22. The number of hydrogen-bond acceptors (Lipinski definition) is 4. The fraction of sp³-hybridized carbons (Fsp3) is 0.0526. The van der Waals surface area contributed by atoms with E-state index in [0.717, 1.165) is 22.6 Å². The molecule has 2 aromatic carbocycles. The van der Waals surface area contributed by atoms with Crippen LogP contribution in [0.1, 0.15) is 5.56 Å². The summed E-state index contributed by atoms with van der Waals surface area (Å²) >= 11 is 0. The molecule has 4 rings (SSSR count). The second kappa shape index (κ2) is 9.69. The summed E-state index contributed by atoms with van der Waals surface area (Å²) in [7, 11) is 0. The largest absolute Gasteiger partial charge is 0.399 e. The van der Waals surface area contributed by atoms with E-state index < -0.39 is 0 Å². The van der Waals surface area contributed by atoms with Crippen molar-refractivity contribution >= 4 is 17.7 Å². The molecule has 0 atom stereocenters. The molecule has 0 saturated carbocycles. The fourth-order valence-corrected chi connectivity index (χ4v) is 1.96. The third-order valence-electron chi connectivity index (χ3n) is 3.36. The first-order valence-corrected chi connectivity index (χ1v) is 7.84. The number of hydrogen-bond donors (Lipinski definition) is 3. The lowest BCUT2D eigenvalue weighted by molar-refractivity contribution is -0.447. The van der Waals surface area contributed by atoms with Crippen LogP contribution in [0.3, 0.4) is 0 Å². The Kier molecular flexibility index (Phi) is 6.96. The quantitative estimate of drug-likeness (QED) is 0.594. The van der Waals surface area contributed by atoms with E-state index in [-0.39, 0.29) is 0 Å². The predicted octanol–water partition coefficient (Wildman–Crippen LogP) is 2.09. The van der Waals surface area contributed by atoms with Crippen LogP contribution < -0.4 is 16.8 Å². The zero-order valence-electron chi connectivity index (χ0n) is 14.2. The highest BCUT2D eigenvalue weighted by molar-refractivity contribution is 5.57. The number of nitrogen functional groups attached to an aromatic ring is 2. The van der Waals surface area contributed by atoms with E-state index in [1.165, 1.54) is 0 Å². The predicted molar refractivity (Wildman–Crippen MR) is 103 cm³/mol. The molecule has 2 heterocycles. The average molecular weight is 335 g/mol. The van der Waals surface area contributed by atoms with Crippen molar-refractivity contribution in [3.05, 3.63) is 85.2 Å². The summed E-state index contributed by atoms with van der Waals surface area (Å²) in [6.07, 6.45) is 10.7. The molecule has 128 valence electrons. The lowest BCUT2D eigenvalue weighted by Crippen LogP contribution is -2.74. The third-order valence-corrected chi connectivity index (χ3v) is 3.36. The van der Waals surface area contributed by atoms with E-state index in [0.29, 0.717) is 0 Å². The van der Waals surface area contributed by atoms with Crippen molar-refractivity contribution in [3.63, 3.8) is 0 Å². The summed E-state index contributed by atoms with van der Waals surface area (Å²) in [5.74, 6) is 0. The molecule has 0 saturated heterocycles. The minimum absolute atomic E-state index is 0.760. The summed E-state index contributed by atoms with van der Waals surface area (Å²) in [6.45, 7) is 2.00. The van der Waals surface area contributed by atoms with Gasteiger partial charge in [0, 0.05) is 18.1 Å². The Balaban J connectivity index is 0.000000149. The molecule has 0 unspecified atom stereocenters. The number of para-hydroxylation sites is 3. The Hall–Kier alpha value is -3.38. The van der Waals surface area contributed by atoms with Crippen molar-refractivity contribution in [1.29, 1.82) is 0 Å². The maximum atomic E-state index is 5.76. The zero-order chi connectivity index (χ0) is 17.9. The van der Waals surface area contributed by atoms with Gasteiger partial charge in [-0.05, 0) is 30.7 Å². The van der Waals surface area contributed by atoms with Crippen LogP contribution in [-0.2, 0) is 0 Å². The molecule has 6 N–H and O–H groups in total. The van der Waals surface area contributed by atoms with Crippen LogP contribution in [0.5, 0.6) is 0 Å². The molecule has 25 heavy (non-hydrogen) atoms. The SMILES string of the molecule is C1=C[NH2+]C=N1.Cc1ccccc1N.Nc1ccccc1-n1ccnc1. The molecule has 0 amide bonds. The first-order valence-electron chi connectivity index (χ1n) is 7.84. The normalized spacial score (nSPS) is 11.2. The second-order valence-electron chi connectivity index (χ2n) is 5.22. The van der Waals surface area contributed by atoms with Crippen LogP contribution in [0.4, 0.5) is 11.4 Å². The highest BCUT2D eigenvalue weighted by Crippen LogP contribution is 2.14. The van der Waals surface area contributed by atoms with Gasteiger partial charge in [0.05, 0.1) is 23.9 Å². The first-order chi connectivity index (χ1) is 12.2. The molecule has 0 fully saturated rings. The summed E-state index contributed by atoms with van der Waals surface area (Å²) < 4.78 is 1.88. The van der Waals surface area contributed by atoms with Gasteiger partial charge in [-0.25, -0.2) is 9.98 Å². The van der Waals surface area contributed by atoms with E-state index in [2.05, 4.69) is 9.98 Å². The molecule has 0 radical (unpaired) electrons. The number of aliphatic imine (C=N–C) groups is 1. The molecule has 3 aromatic rings. The molecule has 6 nitrogen and oxygen atoms in total. The van der Waals surface area contributed by atoms with E-state index in [1.807, 2.05) is 77.7 Å². The standard InChI is InChI=1S/C9H9N3.C7H9N.C3H4N2/c10-8-3-1-2-4-9(8)12-6-5-11-7-12;1-6-4-2-3-5-7(6)8;1-2-5-3-4-1/h1-7H,10H2;2-5H,8H2,1H3;1-3H,(H,4,5)/p+1. The van der Waals surface area contributed by atoms with Crippen LogP contribution in [-0.4, -0.2) is 15.9 Å². The van der Waals surface area contributed by atoms with Crippen molar-refractivity contribution in [2.45, 2.75) is 6.92 Å². The number of aryl methyl sites for hydroxylation is 1. The number of rotatable bonds is 1. The number of imidazole rings is 1. The molecule has 1 aromatic heterocycles. The molecule has 0 bridgehead atoms. The lowest BCUT2D eigenvalue weighted by Gasteiger charge is -2.04. The van der Waals surface area contributed by atoms with Crippen molar-refractivity contribution < 1.29 is 5.32 Å². The Morgan fingerprint density at radius 2 is 1.68 bits per heavy atom. The topological polar surface area (TPSA) is 98.8 Å². The van der Waals surface area contributed by atoms with Gasteiger partial charge in [0.25, 0.3) is 0 Å². The third kappa shape index (κ3) is 5.96. The summed E-state index contributed by atoms with van der Waals surface area (Å²) in [5, 5.41) is 1.89. The monoisotopic (exact) mass is 335 g/mol. The first kappa shape index (κ1) is 18.0. The van der Waals surface area contributed by atoms with Gasteiger partial charge in [0.15, 0.2) is 6.34 Å². The smallest absolute Gasteiger partial charge is 0.191 e. The molecular weight excluding hydrogens is 312 g/mol. The van der Waals surface area contributed by atoms with Crippen molar-refractivity contribution in [1.82, 2.24) is 9.55 Å². The molecular formula is C19H23N6+. The molecule has 6 heteroatoms. The van der Waals surface area contributed by atoms with Gasteiger partial charge in [-0.3, -0.25) is 5.32 Å². The van der Waals surface area contributed by atoms with Gasteiger partial charge in [-0.2, -0.15) is 0 Å². The van der Waals surface area contributed by atoms with Gasteiger partial charge < -0.3 is 16.0 Å². The van der Waals surface area contributed by atoms with Crippen LogP contribution in [0.25, 0.3) is 5.69 Å². The average Bonchev–Trinajstić information content (AvgIpc) is 3.35. The van der Waals surface area contributed by atoms with Gasteiger partial charge in [-0.15, -0.1) is 0 Å². The Morgan fingerprint density at radius 1 is 0.960 bits per heavy atom. The molecule has 0 aliphatic carbocycles. The van der Waals surface area contributed by atoms with E-state index in [9.17, 15) is 0 Å². The van der Waals surface area contributed by atoms with E-state index in [4.69, 9.17) is 11.5 Å². The minimum atomic E-state index is 0.760. The molecule has 1 aliphatic heterocycles. The highest BCUT2D eigenvalue weighted by atomic mass is 15.0. The van der Waals surface area contributed by atoms with Crippen molar-refractivity contribution in [2.24, 2.45) is 4.99 Å². The van der Waals surface area contributed by atoms with Crippen molar-refractivity contribution in [3.8, 4) is 5.69 Å². The van der Waals surface area contributed by atoms with Gasteiger partial charge in [0.1, 0.15) is 6.20 Å². The van der Waals surface area contributed by atoms with E-state index in [1.54, 1.807) is 25.1 Å². The lowest BCUT2D eigenvalue weighted by atomic mass is 10.2. The Labute approximate surface area is 147 Å². The van der Waals surface area contributed by atoms with Crippen LogP contribution in [0, 0.1) is 6.92 Å². The number of quaternary nitrogens is 1. The molecule has 0 spiro atoms. The summed E-state index contributed by atoms with van der Waals surface area (Å²) in [5.41, 5.74) is 15.0. The highest BCUT2D eigenvalue weighted by Gasteiger charge is 1.97. The van der Waals surface area contributed by atoms with Crippen LogP contribution >= 0.6 is 0 Å². The number of nitrogens with two attached hydrogens (primary N) is 3. The van der Waals surface area contributed by atoms with Crippen molar-refractivity contribution in [2.75, 3.05) is 11.5 Å². The van der Waals surface area contributed by atoms with Gasteiger partial charge in [0.2, 0.25) is 0 Å². The van der Waals surface area contributed by atoms with Crippen LogP contribution in [0.2, 0.25) is 0 Å². The number of anilines is 2. The zero-order valence-corrected chi connectivity index (χ0v) is 14.2. The fourth-order valence-electron chi connectivity index (χ4n) is 1.96. The maximum Gasteiger partial charge on any atom is 0.191 e. The Morgan fingerprint density at radius 3 is 2.12 bits per heavy atom.